The fraction of sp³-hybridized carbons (Fsp3) is 0.0625. The van der Waals surface area contributed by atoms with Gasteiger partial charge in [-0.05, 0) is 35.9 Å². The number of methoxy groups -OCH3 is 1. The Balaban J connectivity index is 2.33. The first-order valence-corrected chi connectivity index (χ1v) is 7.79. The number of halogens is 2. The second-order valence-electron chi connectivity index (χ2n) is 4.23. The van der Waals surface area contributed by atoms with Crippen molar-refractivity contribution in [1.29, 1.82) is 0 Å². The summed E-state index contributed by atoms with van der Waals surface area (Å²) >= 11 is 13.9. The highest BCUT2D eigenvalue weighted by molar-refractivity contribution is 7.99. The molecule has 2 aromatic rings. The lowest BCUT2D eigenvalue weighted by Gasteiger charge is -2.10. The van der Waals surface area contributed by atoms with E-state index in [0.717, 1.165) is 21.6 Å². The van der Waals surface area contributed by atoms with Crippen LogP contribution in [0.3, 0.4) is 0 Å². The van der Waals surface area contributed by atoms with Gasteiger partial charge in [-0.15, -0.1) is 0 Å². The number of para-hydroxylation sites is 1. The third-order valence-corrected chi connectivity index (χ3v) is 4.61. The van der Waals surface area contributed by atoms with E-state index in [2.05, 4.69) is 0 Å². The number of hydrogen-bond acceptors (Lipinski definition) is 3. The first-order valence-electron chi connectivity index (χ1n) is 6.22. The molecule has 0 atom stereocenters. The van der Waals surface area contributed by atoms with Crippen LogP contribution in [0.1, 0.15) is 5.56 Å². The lowest BCUT2D eigenvalue weighted by Crippen LogP contribution is -1.88. The lowest BCUT2D eigenvalue weighted by molar-refractivity contribution is -0.131. The van der Waals surface area contributed by atoms with Gasteiger partial charge in [-0.2, -0.15) is 0 Å². The number of benzene rings is 2. The van der Waals surface area contributed by atoms with Gasteiger partial charge in [0.1, 0.15) is 5.75 Å². The highest BCUT2D eigenvalue weighted by Crippen LogP contribution is 2.40. The molecule has 0 saturated heterocycles. The van der Waals surface area contributed by atoms with Gasteiger partial charge >= 0.3 is 5.97 Å². The highest BCUT2D eigenvalue weighted by atomic mass is 35.5. The Hall–Kier alpha value is -1.62. The number of carbonyl (C=O) groups is 1. The Kier molecular flexibility index (Phi) is 5.77. The molecule has 0 heterocycles. The SMILES string of the molecule is COc1ccccc1Sc1cc(Cl)c(/C=C/C(=O)O)cc1Cl. The molecule has 0 fully saturated rings. The van der Waals surface area contributed by atoms with Crippen LogP contribution in [0.15, 0.2) is 52.3 Å². The maximum absolute atomic E-state index is 10.6. The fourth-order valence-corrected chi connectivity index (χ4v) is 3.28. The fourth-order valence-electron chi connectivity index (χ4n) is 1.73. The van der Waals surface area contributed by atoms with Gasteiger partial charge in [0, 0.05) is 16.0 Å². The van der Waals surface area contributed by atoms with Crippen molar-refractivity contribution in [2.45, 2.75) is 9.79 Å². The number of hydrogen-bond donors (Lipinski definition) is 1. The van der Waals surface area contributed by atoms with Crippen LogP contribution < -0.4 is 4.74 Å². The molecule has 3 nitrogen and oxygen atoms in total. The molecule has 0 aliphatic carbocycles. The molecule has 0 aliphatic heterocycles. The van der Waals surface area contributed by atoms with Crippen LogP contribution >= 0.6 is 35.0 Å². The van der Waals surface area contributed by atoms with E-state index in [-0.39, 0.29) is 0 Å². The van der Waals surface area contributed by atoms with Crippen molar-refractivity contribution < 1.29 is 14.6 Å². The van der Waals surface area contributed by atoms with Gasteiger partial charge in [-0.25, -0.2) is 4.79 Å². The molecule has 22 heavy (non-hydrogen) atoms. The molecule has 0 radical (unpaired) electrons. The van der Waals surface area contributed by atoms with Crippen LogP contribution in [-0.4, -0.2) is 18.2 Å². The smallest absolute Gasteiger partial charge is 0.328 e. The van der Waals surface area contributed by atoms with Gasteiger partial charge in [0.05, 0.1) is 17.0 Å². The molecule has 1 N–H and O–H groups in total. The van der Waals surface area contributed by atoms with Crippen LogP contribution in [0.4, 0.5) is 0 Å². The van der Waals surface area contributed by atoms with E-state index in [1.807, 2.05) is 24.3 Å². The van der Waals surface area contributed by atoms with E-state index in [4.69, 9.17) is 33.0 Å². The second-order valence-corrected chi connectivity index (χ2v) is 6.13. The van der Waals surface area contributed by atoms with E-state index in [9.17, 15) is 4.79 Å². The summed E-state index contributed by atoms with van der Waals surface area (Å²) in [5.74, 6) is -0.297. The van der Waals surface area contributed by atoms with Gasteiger partial charge in [-0.3, -0.25) is 0 Å². The Morgan fingerprint density at radius 2 is 1.91 bits per heavy atom. The normalized spacial score (nSPS) is 10.9. The Morgan fingerprint density at radius 1 is 1.18 bits per heavy atom. The third-order valence-electron chi connectivity index (χ3n) is 2.75. The van der Waals surface area contributed by atoms with Gasteiger partial charge < -0.3 is 9.84 Å². The number of carboxylic acids is 1. The van der Waals surface area contributed by atoms with Crippen LogP contribution in [0.2, 0.25) is 10.0 Å². The van der Waals surface area contributed by atoms with Crippen molar-refractivity contribution in [1.82, 2.24) is 0 Å². The summed E-state index contributed by atoms with van der Waals surface area (Å²) in [5, 5.41) is 9.58. The second kappa shape index (κ2) is 7.58. The molecule has 2 rings (SSSR count). The number of aliphatic carboxylic acids is 1. The van der Waals surface area contributed by atoms with Gasteiger partial charge in [0.25, 0.3) is 0 Å². The van der Waals surface area contributed by atoms with Crippen molar-refractivity contribution >= 4 is 47.0 Å². The maximum atomic E-state index is 10.6. The zero-order chi connectivity index (χ0) is 16.1. The van der Waals surface area contributed by atoms with Crippen molar-refractivity contribution in [3.63, 3.8) is 0 Å². The Bertz CT molecular complexity index is 729. The van der Waals surface area contributed by atoms with Crippen LogP contribution in [0.25, 0.3) is 6.08 Å². The van der Waals surface area contributed by atoms with E-state index < -0.39 is 5.97 Å². The summed E-state index contributed by atoms with van der Waals surface area (Å²) in [5.41, 5.74) is 0.554. The molecule has 0 spiro atoms. The molecular weight excluding hydrogens is 343 g/mol. The summed E-state index contributed by atoms with van der Waals surface area (Å²) in [4.78, 5) is 12.2. The average Bonchev–Trinajstić information content (AvgIpc) is 2.49. The zero-order valence-electron chi connectivity index (χ0n) is 11.5. The monoisotopic (exact) mass is 354 g/mol. The Labute approximate surface area is 142 Å². The molecule has 0 aromatic heterocycles. The predicted molar refractivity (Wildman–Crippen MR) is 90.2 cm³/mol. The van der Waals surface area contributed by atoms with E-state index in [0.29, 0.717) is 15.6 Å². The van der Waals surface area contributed by atoms with Gasteiger partial charge in [-0.1, -0.05) is 47.1 Å². The lowest BCUT2D eigenvalue weighted by atomic mass is 10.2. The summed E-state index contributed by atoms with van der Waals surface area (Å²) in [6, 6.07) is 10.9. The summed E-state index contributed by atoms with van der Waals surface area (Å²) in [6.07, 6.45) is 2.43. The van der Waals surface area contributed by atoms with Crippen LogP contribution in [0.5, 0.6) is 5.75 Å². The topological polar surface area (TPSA) is 46.5 Å². The van der Waals surface area contributed by atoms with Crippen molar-refractivity contribution in [2.24, 2.45) is 0 Å². The van der Waals surface area contributed by atoms with E-state index >= 15 is 0 Å². The molecule has 6 heteroatoms. The quantitative estimate of drug-likeness (QED) is 0.744. The summed E-state index contributed by atoms with van der Waals surface area (Å²) < 4.78 is 5.30. The van der Waals surface area contributed by atoms with E-state index in [1.54, 1.807) is 19.2 Å². The first-order chi connectivity index (χ1) is 10.5. The molecule has 114 valence electrons. The molecule has 0 aliphatic rings. The minimum atomic E-state index is -1.04. The summed E-state index contributed by atoms with van der Waals surface area (Å²) in [7, 11) is 1.60. The van der Waals surface area contributed by atoms with Crippen molar-refractivity contribution in [3.8, 4) is 5.75 Å². The van der Waals surface area contributed by atoms with Crippen LogP contribution in [-0.2, 0) is 4.79 Å². The molecule has 0 saturated carbocycles. The molecule has 0 amide bonds. The Morgan fingerprint density at radius 3 is 2.59 bits per heavy atom. The van der Waals surface area contributed by atoms with E-state index in [1.165, 1.54) is 17.8 Å². The maximum Gasteiger partial charge on any atom is 0.328 e. The van der Waals surface area contributed by atoms with Gasteiger partial charge in [0.2, 0.25) is 0 Å². The highest BCUT2D eigenvalue weighted by Gasteiger charge is 2.10. The zero-order valence-corrected chi connectivity index (χ0v) is 13.9. The molecule has 0 bridgehead atoms. The minimum absolute atomic E-state index is 0.430. The van der Waals surface area contributed by atoms with Gasteiger partial charge in [0.15, 0.2) is 0 Å². The van der Waals surface area contributed by atoms with Crippen LogP contribution in [0, 0.1) is 0 Å². The molecule has 2 aromatic carbocycles. The standard InChI is InChI=1S/C16H12Cl2O3S/c1-21-13-4-2-3-5-14(13)22-15-9-11(17)10(8-12(15)18)6-7-16(19)20/h2-9H,1H3,(H,19,20)/b7-6+. The number of ether oxygens (including phenoxy) is 1. The predicted octanol–water partition coefficient (Wildman–Crippen LogP) is 5.25. The average molecular weight is 355 g/mol. The van der Waals surface area contributed by atoms with Crippen molar-refractivity contribution in [2.75, 3.05) is 7.11 Å². The molecular formula is C16H12Cl2O3S. The third kappa shape index (κ3) is 4.19. The first kappa shape index (κ1) is 16.7. The largest absolute Gasteiger partial charge is 0.496 e. The van der Waals surface area contributed by atoms with Crippen molar-refractivity contribution in [3.05, 3.63) is 58.1 Å². The number of carboxylic acid groups (broad SMARTS) is 1. The number of rotatable bonds is 5. The minimum Gasteiger partial charge on any atom is -0.496 e. The molecule has 0 unspecified atom stereocenters. The summed E-state index contributed by atoms with van der Waals surface area (Å²) in [6.45, 7) is 0.